The Hall–Kier alpha value is -3.48. The van der Waals surface area contributed by atoms with Crippen LogP contribution in [0.1, 0.15) is 10.4 Å². The van der Waals surface area contributed by atoms with Crippen LogP contribution in [-0.4, -0.2) is 30.1 Å². The molecule has 2 heterocycles. The average Bonchev–Trinajstić information content (AvgIpc) is 3.08. The van der Waals surface area contributed by atoms with Gasteiger partial charge < -0.3 is 10.1 Å². The first-order chi connectivity index (χ1) is 12.6. The molecular formula is C19H14FN3O3. The number of nitrogens with one attached hydrogen (secondary N) is 1. The number of anilines is 2. The molecular weight excluding hydrogens is 337 g/mol. The maximum Gasteiger partial charge on any atom is 0.414 e. The van der Waals surface area contributed by atoms with Crippen molar-refractivity contribution in [2.75, 3.05) is 23.4 Å². The minimum atomic E-state index is -0.406. The lowest BCUT2D eigenvalue weighted by molar-refractivity contribution is 0.102. The molecule has 130 valence electrons. The SMILES string of the molecule is O=C(Nc1cnc2c(F)cccc2c1)c1ccc(N2CCOC2=O)cc1. The van der Waals surface area contributed by atoms with Crippen molar-refractivity contribution < 1.29 is 18.7 Å². The normalized spacial score (nSPS) is 13.7. The molecule has 1 aliphatic rings. The number of rotatable bonds is 3. The molecule has 1 aromatic heterocycles. The third-order valence-corrected chi connectivity index (χ3v) is 4.12. The van der Waals surface area contributed by atoms with Crippen molar-refractivity contribution >= 4 is 34.3 Å². The molecule has 0 atom stereocenters. The fourth-order valence-electron chi connectivity index (χ4n) is 2.82. The first kappa shape index (κ1) is 16.0. The molecule has 0 saturated carbocycles. The second-order valence-electron chi connectivity index (χ2n) is 5.80. The molecule has 26 heavy (non-hydrogen) atoms. The number of hydrogen-bond acceptors (Lipinski definition) is 4. The molecule has 0 spiro atoms. The number of halogens is 1. The van der Waals surface area contributed by atoms with Gasteiger partial charge in [-0.3, -0.25) is 14.7 Å². The van der Waals surface area contributed by atoms with Gasteiger partial charge >= 0.3 is 6.09 Å². The van der Waals surface area contributed by atoms with Gasteiger partial charge in [0, 0.05) is 16.6 Å². The molecule has 0 aliphatic carbocycles. The van der Waals surface area contributed by atoms with Gasteiger partial charge in [0.25, 0.3) is 5.91 Å². The molecule has 0 radical (unpaired) electrons. The summed E-state index contributed by atoms with van der Waals surface area (Å²) >= 11 is 0. The van der Waals surface area contributed by atoms with Crippen molar-refractivity contribution in [3.05, 3.63) is 66.1 Å². The molecule has 0 unspecified atom stereocenters. The van der Waals surface area contributed by atoms with Crippen molar-refractivity contribution in [1.82, 2.24) is 4.98 Å². The summed E-state index contributed by atoms with van der Waals surface area (Å²) in [5.74, 6) is -0.727. The molecule has 3 aromatic rings. The Morgan fingerprint density at radius 1 is 1.19 bits per heavy atom. The summed E-state index contributed by atoms with van der Waals surface area (Å²) in [6.07, 6.45) is 1.02. The zero-order valence-corrected chi connectivity index (χ0v) is 13.6. The lowest BCUT2D eigenvalue weighted by atomic mass is 10.1. The molecule has 4 rings (SSSR count). The summed E-state index contributed by atoms with van der Waals surface area (Å²) in [7, 11) is 0. The number of carbonyl (C=O) groups is 2. The molecule has 2 aromatic carbocycles. The van der Waals surface area contributed by atoms with Crippen LogP contribution in [0, 0.1) is 5.82 Å². The fraction of sp³-hybridized carbons (Fsp3) is 0.105. The van der Waals surface area contributed by atoms with E-state index in [4.69, 9.17) is 4.74 Å². The topological polar surface area (TPSA) is 71.5 Å². The first-order valence-electron chi connectivity index (χ1n) is 8.02. The van der Waals surface area contributed by atoms with Gasteiger partial charge in [-0.1, -0.05) is 12.1 Å². The number of ether oxygens (including phenoxy) is 1. The van der Waals surface area contributed by atoms with Crippen molar-refractivity contribution in [3.8, 4) is 0 Å². The number of fused-ring (bicyclic) bond motifs is 1. The number of amides is 2. The summed E-state index contributed by atoms with van der Waals surface area (Å²) in [6, 6.07) is 13.0. The van der Waals surface area contributed by atoms with E-state index in [0.29, 0.717) is 35.5 Å². The standard InChI is InChI=1S/C19H14FN3O3/c20-16-3-1-2-13-10-14(11-21-17(13)16)22-18(24)12-4-6-15(7-5-12)23-8-9-26-19(23)25/h1-7,10-11H,8-9H2,(H,22,24). The zero-order valence-electron chi connectivity index (χ0n) is 13.6. The van der Waals surface area contributed by atoms with Gasteiger partial charge in [-0.05, 0) is 36.4 Å². The van der Waals surface area contributed by atoms with Crippen LogP contribution in [0.15, 0.2) is 54.7 Å². The van der Waals surface area contributed by atoms with Crippen molar-refractivity contribution in [2.45, 2.75) is 0 Å². The van der Waals surface area contributed by atoms with Crippen LogP contribution < -0.4 is 10.2 Å². The van der Waals surface area contributed by atoms with Crippen molar-refractivity contribution in [3.63, 3.8) is 0 Å². The van der Waals surface area contributed by atoms with E-state index in [1.54, 1.807) is 42.5 Å². The maximum atomic E-state index is 13.7. The Labute approximate surface area is 148 Å². The van der Waals surface area contributed by atoms with Crippen LogP contribution in [0.4, 0.5) is 20.6 Å². The van der Waals surface area contributed by atoms with E-state index < -0.39 is 11.9 Å². The summed E-state index contributed by atoms with van der Waals surface area (Å²) in [5.41, 5.74) is 1.83. The number of hydrogen-bond donors (Lipinski definition) is 1. The minimum absolute atomic E-state index is 0.257. The second kappa shape index (κ2) is 6.44. The average molecular weight is 351 g/mol. The van der Waals surface area contributed by atoms with Crippen LogP contribution in [-0.2, 0) is 4.74 Å². The number of aromatic nitrogens is 1. The van der Waals surface area contributed by atoms with Crippen molar-refractivity contribution in [1.29, 1.82) is 0 Å². The van der Waals surface area contributed by atoms with Gasteiger partial charge in [-0.25, -0.2) is 9.18 Å². The van der Waals surface area contributed by atoms with E-state index in [0.717, 1.165) is 0 Å². The van der Waals surface area contributed by atoms with Gasteiger partial charge in [-0.2, -0.15) is 0 Å². The molecule has 1 N–H and O–H groups in total. The summed E-state index contributed by atoms with van der Waals surface area (Å²) in [6.45, 7) is 0.848. The van der Waals surface area contributed by atoms with Crippen LogP contribution in [0.25, 0.3) is 10.9 Å². The largest absolute Gasteiger partial charge is 0.447 e. The van der Waals surface area contributed by atoms with Gasteiger partial charge in [0.05, 0.1) is 18.4 Å². The summed E-state index contributed by atoms with van der Waals surface area (Å²) in [4.78, 5) is 29.5. The van der Waals surface area contributed by atoms with Crippen LogP contribution in [0.3, 0.4) is 0 Å². The van der Waals surface area contributed by atoms with E-state index in [9.17, 15) is 14.0 Å². The Bertz CT molecular complexity index is 1000. The minimum Gasteiger partial charge on any atom is -0.447 e. The summed E-state index contributed by atoms with van der Waals surface area (Å²) in [5, 5.41) is 3.34. The molecule has 1 saturated heterocycles. The quantitative estimate of drug-likeness (QED) is 0.783. The first-order valence-corrected chi connectivity index (χ1v) is 8.02. The molecule has 1 fully saturated rings. The van der Waals surface area contributed by atoms with E-state index in [2.05, 4.69) is 10.3 Å². The molecule has 6 nitrogen and oxygen atoms in total. The Morgan fingerprint density at radius 2 is 2.00 bits per heavy atom. The van der Waals surface area contributed by atoms with Gasteiger partial charge in [0.2, 0.25) is 0 Å². The monoisotopic (exact) mass is 351 g/mol. The zero-order chi connectivity index (χ0) is 18.1. The fourth-order valence-corrected chi connectivity index (χ4v) is 2.82. The highest BCUT2D eigenvalue weighted by Crippen LogP contribution is 2.21. The van der Waals surface area contributed by atoms with E-state index in [-0.39, 0.29) is 11.4 Å². The smallest absolute Gasteiger partial charge is 0.414 e. The lowest BCUT2D eigenvalue weighted by Crippen LogP contribution is -2.23. The van der Waals surface area contributed by atoms with Gasteiger partial charge in [-0.15, -0.1) is 0 Å². The van der Waals surface area contributed by atoms with Gasteiger partial charge in [0.1, 0.15) is 17.9 Å². The second-order valence-corrected chi connectivity index (χ2v) is 5.80. The number of benzene rings is 2. The maximum absolute atomic E-state index is 13.7. The predicted octanol–water partition coefficient (Wildman–Crippen LogP) is 3.58. The highest BCUT2D eigenvalue weighted by Gasteiger charge is 2.23. The van der Waals surface area contributed by atoms with Crippen LogP contribution in [0.2, 0.25) is 0 Å². The molecule has 7 heteroatoms. The number of para-hydroxylation sites is 1. The van der Waals surface area contributed by atoms with E-state index in [1.165, 1.54) is 17.2 Å². The number of cyclic esters (lactones) is 1. The Morgan fingerprint density at radius 3 is 2.73 bits per heavy atom. The van der Waals surface area contributed by atoms with Crippen LogP contribution in [0.5, 0.6) is 0 Å². The molecule has 1 aliphatic heterocycles. The Kier molecular flexibility index (Phi) is 3.96. The molecule has 2 amide bonds. The van der Waals surface area contributed by atoms with Crippen LogP contribution >= 0.6 is 0 Å². The third-order valence-electron chi connectivity index (χ3n) is 4.12. The van der Waals surface area contributed by atoms with E-state index in [1.807, 2.05) is 0 Å². The summed E-state index contributed by atoms with van der Waals surface area (Å²) < 4.78 is 18.5. The predicted molar refractivity (Wildman–Crippen MR) is 94.8 cm³/mol. The lowest BCUT2D eigenvalue weighted by Gasteiger charge is -2.13. The molecule has 0 bridgehead atoms. The van der Waals surface area contributed by atoms with Gasteiger partial charge in [0.15, 0.2) is 0 Å². The Balaban J connectivity index is 1.52. The highest BCUT2D eigenvalue weighted by atomic mass is 19.1. The number of pyridine rings is 1. The third kappa shape index (κ3) is 2.95. The number of carbonyl (C=O) groups excluding carboxylic acids is 2. The van der Waals surface area contributed by atoms with Crippen molar-refractivity contribution in [2.24, 2.45) is 0 Å². The highest BCUT2D eigenvalue weighted by molar-refractivity contribution is 6.05. The van der Waals surface area contributed by atoms with E-state index >= 15 is 0 Å². The number of nitrogens with zero attached hydrogens (tertiary/aromatic N) is 2.